The van der Waals surface area contributed by atoms with Gasteiger partial charge in [-0.15, -0.1) is 0 Å². The molecule has 5 heteroatoms. The Hall–Kier alpha value is -2.69. The molecule has 0 aromatic heterocycles. The third-order valence-electron chi connectivity index (χ3n) is 4.33. The van der Waals surface area contributed by atoms with Crippen LogP contribution in [0.25, 0.3) is 0 Å². The topological polar surface area (TPSA) is 52.6 Å². The van der Waals surface area contributed by atoms with Crippen LogP contribution >= 0.6 is 0 Å². The van der Waals surface area contributed by atoms with E-state index in [4.69, 9.17) is 9.47 Å². The van der Waals surface area contributed by atoms with E-state index in [0.717, 1.165) is 12.0 Å². The summed E-state index contributed by atoms with van der Waals surface area (Å²) in [6.45, 7) is 6.14. The number of halogens is 1. The average molecular weight is 372 g/mol. The molecule has 27 heavy (non-hydrogen) atoms. The Labute approximate surface area is 159 Å². The van der Waals surface area contributed by atoms with Gasteiger partial charge in [0.15, 0.2) is 0 Å². The van der Waals surface area contributed by atoms with Gasteiger partial charge in [0.2, 0.25) is 0 Å². The van der Waals surface area contributed by atoms with E-state index in [1.54, 1.807) is 6.07 Å². The molecule has 0 bridgehead atoms. The molecule has 0 saturated carbocycles. The molecule has 2 aromatic carbocycles. The summed E-state index contributed by atoms with van der Waals surface area (Å²) in [6.07, 6.45) is 1.09. The molecule has 0 N–H and O–H groups in total. The number of hydrogen-bond acceptors (Lipinski definition) is 4. The summed E-state index contributed by atoms with van der Waals surface area (Å²) in [7, 11) is 0. The number of ether oxygens (including phenoxy) is 2. The average Bonchev–Trinajstić information content (AvgIpc) is 2.66. The van der Waals surface area contributed by atoms with Crippen LogP contribution in [0.2, 0.25) is 0 Å². The van der Waals surface area contributed by atoms with Crippen LogP contribution in [0.5, 0.6) is 0 Å². The van der Waals surface area contributed by atoms with Crippen LogP contribution < -0.4 is 0 Å². The van der Waals surface area contributed by atoms with Crippen molar-refractivity contribution < 1.29 is 23.5 Å². The summed E-state index contributed by atoms with van der Waals surface area (Å²) in [5.41, 5.74) is 1.80. The summed E-state index contributed by atoms with van der Waals surface area (Å²) in [5, 5.41) is 0. The molecule has 2 rings (SSSR count). The van der Waals surface area contributed by atoms with Gasteiger partial charge in [0, 0.05) is 0 Å². The molecule has 2 aromatic rings. The molecule has 0 radical (unpaired) electrons. The molecule has 0 aliphatic heterocycles. The van der Waals surface area contributed by atoms with E-state index in [9.17, 15) is 14.0 Å². The lowest BCUT2D eigenvalue weighted by Gasteiger charge is -2.21. The maximum atomic E-state index is 13.0. The van der Waals surface area contributed by atoms with Crippen LogP contribution in [-0.4, -0.2) is 24.6 Å². The van der Waals surface area contributed by atoms with Crippen molar-refractivity contribution in [1.29, 1.82) is 0 Å². The van der Waals surface area contributed by atoms with E-state index in [1.165, 1.54) is 24.3 Å². The van der Waals surface area contributed by atoms with Crippen LogP contribution in [0.15, 0.2) is 48.5 Å². The summed E-state index contributed by atoms with van der Waals surface area (Å²) in [5.74, 6) is -1.17. The minimum atomic E-state index is -0.480. The van der Waals surface area contributed by atoms with E-state index < -0.39 is 11.8 Å². The highest BCUT2D eigenvalue weighted by molar-refractivity contribution is 5.90. The first-order valence-electron chi connectivity index (χ1n) is 9.13. The largest absolute Gasteiger partial charge is 0.462 e. The highest BCUT2D eigenvalue weighted by Gasteiger charge is 2.19. The molecule has 0 amide bonds. The van der Waals surface area contributed by atoms with Crippen molar-refractivity contribution in [1.82, 2.24) is 0 Å². The number of esters is 2. The van der Waals surface area contributed by atoms with Crippen molar-refractivity contribution in [3.63, 3.8) is 0 Å². The van der Waals surface area contributed by atoms with Crippen molar-refractivity contribution in [2.45, 2.75) is 39.7 Å². The van der Waals surface area contributed by atoms with Gasteiger partial charge in [0.05, 0.1) is 17.7 Å². The Kier molecular flexibility index (Phi) is 7.53. The van der Waals surface area contributed by atoms with Crippen molar-refractivity contribution in [3.05, 3.63) is 71.0 Å². The van der Waals surface area contributed by atoms with E-state index in [1.807, 2.05) is 39.0 Å². The van der Waals surface area contributed by atoms with Crippen LogP contribution in [0.4, 0.5) is 4.39 Å². The normalized spacial score (nSPS) is 12.9. The Morgan fingerprint density at radius 2 is 1.70 bits per heavy atom. The number of benzene rings is 2. The number of rotatable bonds is 8. The molecule has 2 unspecified atom stereocenters. The van der Waals surface area contributed by atoms with Gasteiger partial charge in [-0.3, -0.25) is 0 Å². The molecular weight excluding hydrogens is 347 g/mol. The minimum absolute atomic E-state index is 0.0383. The molecule has 0 heterocycles. The molecule has 0 spiro atoms. The van der Waals surface area contributed by atoms with Crippen molar-refractivity contribution in [2.24, 2.45) is 5.92 Å². The lowest BCUT2D eigenvalue weighted by Crippen LogP contribution is -2.24. The SMILES string of the molecule is CCCOC(=O)c1cccc(CC(C)C(C)OC(=O)c2ccc(F)cc2)c1. The first-order chi connectivity index (χ1) is 12.9. The number of carbonyl (C=O) groups excluding carboxylic acids is 2. The minimum Gasteiger partial charge on any atom is -0.462 e. The molecule has 0 aliphatic carbocycles. The Morgan fingerprint density at radius 1 is 1.00 bits per heavy atom. The van der Waals surface area contributed by atoms with Crippen LogP contribution in [0.3, 0.4) is 0 Å². The highest BCUT2D eigenvalue weighted by atomic mass is 19.1. The molecule has 4 nitrogen and oxygen atoms in total. The standard InChI is InChI=1S/C22H25FO4/c1-4-12-26-21(24)19-7-5-6-17(14-19)13-15(2)16(3)27-22(25)18-8-10-20(23)11-9-18/h5-11,14-16H,4,12-13H2,1-3H3. The molecule has 144 valence electrons. The lowest BCUT2D eigenvalue weighted by molar-refractivity contribution is 0.0217. The summed E-state index contributed by atoms with van der Waals surface area (Å²) in [6, 6.07) is 12.6. The van der Waals surface area contributed by atoms with Crippen LogP contribution in [0.1, 0.15) is 53.5 Å². The maximum absolute atomic E-state index is 13.0. The van der Waals surface area contributed by atoms with Gasteiger partial charge in [0.1, 0.15) is 11.9 Å². The second-order valence-electron chi connectivity index (χ2n) is 6.64. The number of hydrogen-bond donors (Lipinski definition) is 0. The lowest BCUT2D eigenvalue weighted by atomic mass is 9.95. The Morgan fingerprint density at radius 3 is 2.37 bits per heavy atom. The van der Waals surface area contributed by atoms with Crippen molar-refractivity contribution in [2.75, 3.05) is 6.61 Å². The van der Waals surface area contributed by atoms with E-state index in [0.29, 0.717) is 24.2 Å². The first-order valence-corrected chi connectivity index (χ1v) is 9.13. The summed E-state index contributed by atoms with van der Waals surface area (Å²) < 4.78 is 23.6. The zero-order chi connectivity index (χ0) is 19.8. The van der Waals surface area contributed by atoms with Gasteiger partial charge in [-0.25, -0.2) is 14.0 Å². The fraction of sp³-hybridized carbons (Fsp3) is 0.364. The maximum Gasteiger partial charge on any atom is 0.338 e. The zero-order valence-corrected chi connectivity index (χ0v) is 15.9. The smallest absolute Gasteiger partial charge is 0.338 e. The van der Waals surface area contributed by atoms with Gasteiger partial charge in [-0.1, -0.05) is 26.0 Å². The Balaban J connectivity index is 1.95. The summed E-state index contributed by atoms with van der Waals surface area (Å²) in [4.78, 5) is 24.1. The van der Waals surface area contributed by atoms with Gasteiger partial charge in [-0.05, 0) is 67.6 Å². The molecular formula is C22H25FO4. The van der Waals surface area contributed by atoms with Crippen molar-refractivity contribution >= 4 is 11.9 Å². The first kappa shape index (κ1) is 20.6. The van der Waals surface area contributed by atoms with Crippen LogP contribution in [-0.2, 0) is 15.9 Å². The second-order valence-corrected chi connectivity index (χ2v) is 6.64. The number of carbonyl (C=O) groups is 2. The summed E-state index contributed by atoms with van der Waals surface area (Å²) >= 11 is 0. The fourth-order valence-corrected chi connectivity index (χ4v) is 2.58. The monoisotopic (exact) mass is 372 g/mol. The predicted octanol–water partition coefficient (Wildman–Crippen LogP) is 4.82. The van der Waals surface area contributed by atoms with E-state index in [2.05, 4.69) is 0 Å². The van der Waals surface area contributed by atoms with Crippen molar-refractivity contribution in [3.8, 4) is 0 Å². The molecule has 0 fully saturated rings. The van der Waals surface area contributed by atoms with Gasteiger partial charge >= 0.3 is 11.9 Å². The Bertz CT molecular complexity index is 770. The van der Waals surface area contributed by atoms with Crippen LogP contribution in [0, 0.1) is 11.7 Å². The van der Waals surface area contributed by atoms with E-state index >= 15 is 0 Å². The highest BCUT2D eigenvalue weighted by Crippen LogP contribution is 2.18. The predicted molar refractivity (Wildman–Crippen MR) is 101 cm³/mol. The second kappa shape index (κ2) is 9.86. The molecule has 2 atom stereocenters. The zero-order valence-electron chi connectivity index (χ0n) is 15.9. The van der Waals surface area contributed by atoms with E-state index in [-0.39, 0.29) is 18.0 Å². The third-order valence-corrected chi connectivity index (χ3v) is 4.33. The van der Waals surface area contributed by atoms with Gasteiger partial charge in [-0.2, -0.15) is 0 Å². The third kappa shape index (κ3) is 6.20. The molecule has 0 aliphatic rings. The van der Waals surface area contributed by atoms with Gasteiger partial charge in [0.25, 0.3) is 0 Å². The molecule has 0 saturated heterocycles. The fourth-order valence-electron chi connectivity index (χ4n) is 2.58. The quantitative estimate of drug-likeness (QED) is 0.624. The van der Waals surface area contributed by atoms with Gasteiger partial charge < -0.3 is 9.47 Å².